The van der Waals surface area contributed by atoms with Gasteiger partial charge in [-0.1, -0.05) is 12.7 Å². The zero-order valence-electron chi connectivity index (χ0n) is 8.23. The van der Waals surface area contributed by atoms with Crippen LogP contribution in [0.4, 0.5) is 4.39 Å². The molecule has 0 spiro atoms. The fourth-order valence-electron chi connectivity index (χ4n) is 1.21. The van der Waals surface area contributed by atoms with Crippen LogP contribution in [0.25, 0.3) is 5.83 Å². The number of nitrogens with one attached hydrogen (secondary N) is 1. The van der Waals surface area contributed by atoms with Crippen LogP contribution in [0.1, 0.15) is 16.8 Å². The molecule has 1 aromatic heterocycles. The third kappa shape index (κ3) is 1.99. The lowest BCUT2D eigenvalue weighted by Gasteiger charge is -2.03. The van der Waals surface area contributed by atoms with E-state index in [1.165, 1.54) is 12.2 Å². The smallest absolute Gasteiger partial charge is 0.251 e. The summed E-state index contributed by atoms with van der Waals surface area (Å²) in [5.74, 6) is -0.477. The van der Waals surface area contributed by atoms with Gasteiger partial charge < -0.3 is 4.98 Å². The molecular formula is C11H12FNO. The second kappa shape index (κ2) is 4.05. The molecule has 74 valence electrons. The van der Waals surface area contributed by atoms with Crippen molar-refractivity contribution < 1.29 is 4.39 Å². The molecule has 0 amide bonds. The van der Waals surface area contributed by atoms with Crippen molar-refractivity contribution in [3.05, 3.63) is 52.0 Å². The van der Waals surface area contributed by atoms with Crippen LogP contribution in [-0.2, 0) is 0 Å². The van der Waals surface area contributed by atoms with Crippen molar-refractivity contribution in [3.63, 3.8) is 0 Å². The van der Waals surface area contributed by atoms with E-state index in [2.05, 4.69) is 11.6 Å². The quantitative estimate of drug-likeness (QED) is 0.719. The molecule has 0 saturated heterocycles. The van der Waals surface area contributed by atoms with Crippen LogP contribution in [0, 0.1) is 13.8 Å². The maximum atomic E-state index is 13.3. The summed E-state index contributed by atoms with van der Waals surface area (Å²) in [6.45, 7) is 6.82. The molecule has 0 aliphatic carbocycles. The molecule has 0 fully saturated rings. The summed E-state index contributed by atoms with van der Waals surface area (Å²) in [7, 11) is 0. The Morgan fingerprint density at radius 3 is 2.71 bits per heavy atom. The summed E-state index contributed by atoms with van der Waals surface area (Å²) < 4.78 is 13.3. The number of pyridine rings is 1. The van der Waals surface area contributed by atoms with E-state index < -0.39 is 5.83 Å². The first-order chi connectivity index (χ1) is 6.56. The number of aromatic amines is 1. The molecule has 0 aromatic carbocycles. The predicted molar refractivity (Wildman–Crippen MR) is 55.8 cm³/mol. The predicted octanol–water partition coefficient (Wildman–Crippen LogP) is 2.49. The van der Waals surface area contributed by atoms with Gasteiger partial charge in [0.25, 0.3) is 5.56 Å². The molecule has 1 N–H and O–H groups in total. The normalized spacial score (nSPS) is 11.5. The molecule has 1 heterocycles. The van der Waals surface area contributed by atoms with Crippen LogP contribution < -0.4 is 5.56 Å². The standard InChI is InChI=1S/C11H12FNO/c1-4-5-9(12)10-7(2)6-8(3)11(14)13-10/h4-6H,1H2,2-3H3,(H,13,14)/b9-5+. The second-order valence-corrected chi connectivity index (χ2v) is 3.09. The number of allylic oxidation sites excluding steroid dienone is 2. The van der Waals surface area contributed by atoms with Crippen molar-refractivity contribution in [2.24, 2.45) is 0 Å². The first-order valence-electron chi connectivity index (χ1n) is 4.25. The van der Waals surface area contributed by atoms with Crippen molar-refractivity contribution in [1.82, 2.24) is 4.98 Å². The van der Waals surface area contributed by atoms with Gasteiger partial charge in [0.2, 0.25) is 0 Å². The summed E-state index contributed by atoms with van der Waals surface area (Å²) in [6.07, 6.45) is 2.56. The topological polar surface area (TPSA) is 32.9 Å². The number of rotatable bonds is 2. The summed E-state index contributed by atoms with van der Waals surface area (Å²) in [5, 5.41) is 0. The van der Waals surface area contributed by atoms with Gasteiger partial charge in [-0.3, -0.25) is 4.79 Å². The highest BCUT2D eigenvalue weighted by atomic mass is 19.1. The van der Waals surface area contributed by atoms with Gasteiger partial charge >= 0.3 is 0 Å². The second-order valence-electron chi connectivity index (χ2n) is 3.09. The highest BCUT2D eigenvalue weighted by molar-refractivity contribution is 5.60. The van der Waals surface area contributed by atoms with Gasteiger partial charge in [0.05, 0.1) is 5.69 Å². The van der Waals surface area contributed by atoms with E-state index in [1.54, 1.807) is 19.9 Å². The van der Waals surface area contributed by atoms with Gasteiger partial charge in [-0.2, -0.15) is 0 Å². The maximum absolute atomic E-state index is 13.3. The van der Waals surface area contributed by atoms with Crippen molar-refractivity contribution in [2.45, 2.75) is 13.8 Å². The van der Waals surface area contributed by atoms with Gasteiger partial charge in [0, 0.05) is 5.56 Å². The van der Waals surface area contributed by atoms with Crippen molar-refractivity contribution in [2.75, 3.05) is 0 Å². The molecular weight excluding hydrogens is 181 g/mol. The van der Waals surface area contributed by atoms with E-state index in [-0.39, 0.29) is 11.3 Å². The molecule has 0 atom stereocenters. The molecule has 14 heavy (non-hydrogen) atoms. The minimum atomic E-state index is -0.477. The monoisotopic (exact) mass is 193 g/mol. The largest absolute Gasteiger partial charge is 0.320 e. The lowest BCUT2D eigenvalue weighted by Crippen LogP contribution is -2.12. The Kier molecular flexibility index (Phi) is 3.02. The summed E-state index contributed by atoms with van der Waals surface area (Å²) in [6, 6.07) is 1.66. The van der Waals surface area contributed by atoms with E-state index in [1.807, 2.05) is 0 Å². The highest BCUT2D eigenvalue weighted by Crippen LogP contribution is 2.16. The Bertz CT molecular complexity index is 443. The van der Waals surface area contributed by atoms with Crippen LogP contribution in [0.15, 0.2) is 29.6 Å². The fourth-order valence-corrected chi connectivity index (χ4v) is 1.21. The van der Waals surface area contributed by atoms with Crippen LogP contribution in [-0.4, -0.2) is 4.98 Å². The summed E-state index contributed by atoms with van der Waals surface area (Å²) in [5.41, 5.74) is 1.24. The zero-order valence-corrected chi connectivity index (χ0v) is 8.23. The SMILES string of the molecule is C=C/C=C(/F)c1[nH]c(=O)c(C)cc1C. The molecule has 1 aromatic rings. The molecule has 0 aliphatic rings. The maximum Gasteiger partial charge on any atom is 0.251 e. The van der Waals surface area contributed by atoms with Crippen LogP contribution in [0.2, 0.25) is 0 Å². The lowest BCUT2D eigenvalue weighted by atomic mass is 10.1. The van der Waals surface area contributed by atoms with Crippen molar-refractivity contribution >= 4 is 5.83 Å². The van der Waals surface area contributed by atoms with Crippen LogP contribution in [0.3, 0.4) is 0 Å². The van der Waals surface area contributed by atoms with Gasteiger partial charge in [-0.05, 0) is 31.6 Å². The van der Waals surface area contributed by atoms with E-state index >= 15 is 0 Å². The Hall–Kier alpha value is -1.64. The molecule has 1 rings (SSSR count). The van der Waals surface area contributed by atoms with Crippen LogP contribution >= 0.6 is 0 Å². The van der Waals surface area contributed by atoms with Gasteiger partial charge in [0.15, 0.2) is 0 Å². The molecule has 0 aliphatic heterocycles. The highest BCUT2D eigenvalue weighted by Gasteiger charge is 2.06. The van der Waals surface area contributed by atoms with Crippen molar-refractivity contribution in [3.8, 4) is 0 Å². The Morgan fingerprint density at radius 2 is 2.14 bits per heavy atom. The van der Waals surface area contributed by atoms with E-state index in [0.717, 1.165) is 0 Å². The Balaban J connectivity index is 3.36. The number of hydrogen-bond donors (Lipinski definition) is 1. The van der Waals surface area contributed by atoms with Gasteiger partial charge in [-0.25, -0.2) is 4.39 Å². The number of hydrogen-bond acceptors (Lipinski definition) is 1. The third-order valence-corrected chi connectivity index (χ3v) is 1.93. The molecule has 0 unspecified atom stereocenters. The van der Waals surface area contributed by atoms with Crippen molar-refractivity contribution in [1.29, 1.82) is 0 Å². The number of aromatic nitrogens is 1. The fraction of sp³-hybridized carbons (Fsp3) is 0.182. The molecule has 2 nitrogen and oxygen atoms in total. The van der Waals surface area contributed by atoms with E-state index in [9.17, 15) is 9.18 Å². The van der Waals surface area contributed by atoms with E-state index in [4.69, 9.17) is 0 Å². The molecule has 3 heteroatoms. The number of aryl methyl sites for hydroxylation is 2. The Labute approximate surface area is 81.8 Å². The first kappa shape index (κ1) is 10.4. The number of halogens is 1. The first-order valence-corrected chi connectivity index (χ1v) is 4.25. The summed E-state index contributed by atoms with van der Waals surface area (Å²) >= 11 is 0. The van der Waals surface area contributed by atoms with Gasteiger partial charge in [0.1, 0.15) is 5.83 Å². The average Bonchev–Trinajstić information content (AvgIpc) is 2.11. The number of H-pyrrole nitrogens is 1. The minimum absolute atomic E-state index is 0.223. The molecule has 0 radical (unpaired) electrons. The van der Waals surface area contributed by atoms with E-state index in [0.29, 0.717) is 11.1 Å². The molecule has 0 bridgehead atoms. The average molecular weight is 193 g/mol. The van der Waals surface area contributed by atoms with Crippen LogP contribution in [0.5, 0.6) is 0 Å². The minimum Gasteiger partial charge on any atom is -0.320 e. The zero-order chi connectivity index (χ0) is 10.7. The third-order valence-electron chi connectivity index (χ3n) is 1.93. The summed E-state index contributed by atoms with van der Waals surface area (Å²) in [4.78, 5) is 13.7. The van der Waals surface area contributed by atoms with Gasteiger partial charge in [-0.15, -0.1) is 0 Å². The Morgan fingerprint density at radius 1 is 1.50 bits per heavy atom. The lowest BCUT2D eigenvalue weighted by molar-refractivity contribution is 0.749. The molecule has 0 saturated carbocycles.